The molecular weight excluding hydrogens is 350 g/mol. The lowest BCUT2D eigenvalue weighted by atomic mass is 10.2. The summed E-state index contributed by atoms with van der Waals surface area (Å²) in [4.78, 5) is 9.08. The lowest BCUT2D eigenvalue weighted by Crippen LogP contribution is -2.52. The second-order valence-electron chi connectivity index (χ2n) is 6.37. The number of hydrogen-bond acceptors (Lipinski definition) is 4. The number of hydrogen-bond donors (Lipinski definition) is 2. The monoisotopic (exact) mass is 381 g/mol. The topological polar surface area (TPSA) is 77.0 Å². The van der Waals surface area contributed by atoms with Crippen LogP contribution in [0.1, 0.15) is 18.9 Å². The molecule has 1 aromatic carbocycles. The fourth-order valence-corrected chi connectivity index (χ4v) is 3.57. The number of benzene rings is 1. The Morgan fingerprint density at radius 3 is 2.42 bits per heavy atom. The number of rotatable bonds is 8. The molecule has 1 aliphatic heterocycles. The minimum Gasteiger partial charge on any atom is -0.356 e. The van der Waals surface area contributed by atoms with Crippen molar-refractivity contribution in [3.8, 4) is 0 Å². The molecule has 146 valence electrons. The summed E-state index contributed by atoms with van der Waals surface area (Å²) >= 11 is 0. The summed E-state index contributed by atoms with van der Waals surface area (Å²) in [5.41, 5.74) is 1.35. The standard InChI is InChI=1S/C18H31N5O2S/c1-3-26(24,25)21-11-7-10-20-18(19-2)23-14-12-22(13-15-23)16-17-8-5-4-6-9-17/h4-6,8-9,21H,3,7,10-16H2,1-2H3,(H,19,20). The van der Waals surface area contributed by atoms with Gasteiger partial charge in [-0.05, 0) is 18.9 Å². The van der Waals surface area contributed by atoms with Crippen LogP contribution >= 0.6 is 0 Å². The highest BCUT2D eigenvalue weighted by atomic mass is 32.2. The third-order valence-corrected chi connectivity index (χ3v) is 5.88. The number of nitrogens with zero attached hydrogens (tertiary/aromatic N) is 3. The van der Waals surface area contributed by atoms with Crippen LogP contribution in [0.25, 0.3) is 0 Å². The summed E-state index contributed by atoms with van der Waals surface area (Å²) in [6, 6.07) is 10.5. The van der Waals surface area contributed by atoms with E-state index in [2.05, 4.69) is 49.1 Å². The molecule has 0 aromatic heterocycles. The largest absolute Gasteiger partial charge is 0.356 e. The van der Waals surface area contributed by atoms with Crippen molar-refractivity contribution in [2.24, 2.45) is 4.99 Å². The molecule has 1 aliphatic rings. The van der Waals surface area contributed by atoms with Crippen molar-refractivity contribution < 1.29 is 8.42 Å². The lowest BCUT2D eigenvalue weighted by Gasteiger charge is -2.36. The number of piperazine rings is 1. The molecule has 0 amide bonds. The maximum absolute atomic E-state index is 11.4. The summed E-state index contributed by atoms with van der Waals surface area (Å²) in [5.74, 6) is 1.01. The van der Waals surface area contributed by atoms with Gasteiger partial charge < -0.3 is 10.2 Å². The van der Waals surface area contributed by atoms with E-state index in [4.69, 9.17) is 0 Å². The van der Waals surface area contributed by atoms with Crippen LogP contribution in [0.3, 0.4) is 0 Å². The Morgan fingerprint density at radius 1 is 1.12 bits per heavy atom. The minimum absolute atomic E-state index is 0.120. The molecular formula is C18H31N5O2S. The average molecular weight is 382 g/mol. The first kappa shape index (κ1) is 20.7. The quantitative estimate of drug-likeness (QED) is 0.394. The molecule has 0 bridgehead atoms. The second kappa shape index (κ2) is 10.5. The Morgan fingerprint density at radius 2 is 1.81 bits per heavy atom. The molecule has 2 rings (SSSR count). The first-order valence-corrected chi connectivity index (χ1v) is 10.9. The van der Waals surface area contributed by atoms with Crippen molar-refractivity contribution in [2.75, 3.05) is 52.1 Å². The molecule has 1 saturated heterocycles. The summed E-state index contributed by atoms with van der Waals surface area (Å²) < 4.78 is 25.4. The van der Waals surface area contributed by atoms with E-state index in [1.807, 2.05) is 6.07 Å². The van der Waals surface area contributed by atoms with Gasteiger partial charge >= 0.3 is 0 Å². The average Bonchev–Trinajstić information content (AvgIpc) is 2.66. The van der Waals surface area contributed by atoms with Crippen LogP contribution in [0.4, 0.5) is 0 Å². The molecule has 0 unspecified atom stereocenters. The number of guanidine groups is 1. The highest BCUT2D eigenvalue weighted by molar-refractivity contribution is 7.89. The van der Waals surface area contributed by atoms with Crippen molar-refractivity contribution in [1.82, 2.24) is 19.8 Å². The molecule has 0 atom stereocenters. The van der Waals surface area contributed by atoms with Crippen LogP contribution in [0.5, 0.6) is 0 Å². The van der Waals surface area contributed by atoms with Crippen LogP contribution in [0.2, 0.25) is 0 Å². The summed E-state index contributed by atoms with van der Waals surface area (Å²) in [6.45, 7) is 7.66. The van der Waals surface area contributed by atoms with Crippen LogP contribution < -0.4 is 10.0 Å². The van der Waals surface area contributed by atoms with Crippen LogP contribution in [0, 0.1) is 0 Å². The summed E-state index contributed by atoms with van der Waals surface area (Å²) in [5, 5.41) is 3.33. The molecule has 0 radical (unpaired) electrons. The fourth-order valence-electron chi connectivity index (χ4n) is 2.91. The van der Waals surface area contributed by atoms with Gasteiger partial charge in [0.25, 0.3) is 0 Å². The molecule has 0 aliphatic carbocycles. The molecule has 8 heteroatoms. The highest BCUT2D eigenvalue weighted by Crippen LogP contribution is 2.08. The van der Waals surface area contributed by atoms with Gasteiger partial charge in [-0.25, -0.2) is 13.1 Å². The van der Waals surface area contributed by atoms with Crippen LogP contribution in [-0.2, 0) is 16.6 Å². The SMILES string of the molecule is CCS(=O)(=O)NCCCNC(=NC)N1CCN(Cc2ccccc2)CC1. The van der Waals surface area contributed by atoms with Crippen LogP contribution in [-0.4, -0.2) is 76.2 Å². The molecule has 7 nitrogen and oxygen atoms in total. The van der Waals surface area contributed by atoms with E-state index in [1.54, 1.807) is 14.0 Å². The van der Waals surface area contributed by atoms with E-state index in [1.165, 1.54) is 5.56 Å². The van der Waals surface area contributed by atoms with Gasteiger partial charge in [0.2, 0.25) is 10.0 Å². The fraction of sp³-hybridized carbons (Fsp3) is 0.611. The van der Waals surface area contributed by atoms with Crippen molar-refractivity contribution in [3.63, 3.8) is 0 Å². The molecule has 2 N–H and O–H groups in total. The Balaban J connectivity index is 1.68. The van der Waals surface area contributed by atoms with Crippen molar-refractivity contribution >= 4 is 16.0 Å². The third-order valence-electron chi connectivity index (χ3n) is 4.47. The van der Waals surface area contributed by atoms with E-state index in [9.17, 15) is 8.42 Å². The van der Waals surface area contributed by atoms with Gasteiger partial charge in [-0.1, -0.05) is 30.3 Å². The second-order valence-corrected chi connectivity index (χ2v) is 8.47. The van der Waals surface area contributed by atoms with Gasteiger partial charge in [0.05, 0.1) is 5.75 Å². The molecule has 26 heavy (non-hydrogen) atoms. The summed E-state index contributed by atoms with van der Waals surface area (Å²) in [7, 11) is -1.31. The highest BCUT2D eigenvalue weighted by Gasteiger charge is 2.19. The molecule has 1 aromatic rings. The first-order valence-electron chi connectivity index (χ1n) is 9.23. The molecule has 1 heterocycles. The van der Waals surface area contributed by atoms with Gasteiger partial charge in [-0.3, -0.25) is 9.89 Å². The zero-order chi connectivity index (χ0) is 18.8. The zero-order valence-electron chi connectivity index (χ0n) is 15.8. The molecule has 0 saturated carbocycles. The smallest absolute Gasteiger partial charge is 0.211 e. The van der Waals surface area contributed by atoms with E-state index < -0.39 is 10.0 Å². The number of sulfonamides is 1. The molecule has 1 fully saturated rings. The van der Waals surface area contributed by atoms with E-state index >= 15 is 0 Å². The van der Waals surface area contributed by atoms with E-state index in [-0.39, 0.29) is 5.75 Å². The Hall–Kier alpha value is -1.64. The van der Waals surface area contributed by atoms with Gasteiger partial charge in [-0.2, -0.15) is 0 Å². The van der Waals surface area contributed by atoms with E-state index in [0.29, 0.717) is 13.1 Å². The lowest BCUT2D eigenvalue weighted by molar-refractivity contribution is 0.172. The van der Waals surface area contributed by atoms with Crippen molar-refractivity contribution in [2.45, 2.75) is 19.9 Å². The van der Waals surface area contributed by atoms with Crippen molar-refractivity contribution in [1.29, 1.82) is 0 Å². The van der Waals surface area contributed by atoms with E-state index in [0.717, 1.165) is 45.1 Å². The van der Waals surface area contributed by atoms with Gasteiger partial charge in [0, 0.05) is 52.9 Å². The van der Waals surface area contributed by atoms with Gasteiger partial charge in [0.1, 0.15) is 0 Å². The normalized spacial score (nSPS) is 16.7. The predicted octanol–water partition coefficient (Wildman–Crippen LogP) is 0.709. The van der Waals surface area contributed by atoms with Gasteiger partial charge in [-0.15, -0.1) is 0 Å². The summed E-state index contributed by atoms with van der Waals surface area (Å²) in [6.07, 6.45) is 0.728. The predicted molar refractivity (Wildman–Crippen MR) is 107 cm³/mol. The third kappa shape index (κ3) is 6.93. The van der Waals surface area contributed by atoms with Gasteiger partial charge in [0.15, 0.2) is 5.96 Å². The zero-order valence-corrected chi connectivity index (χ0v) is 16.6. The Labute approximate surface area is 157 Å². The number of nitrogens with one attached hydrogen (secondary N) is 2. The Kier molecular flexibility index (Phi) is 8.34. The Bertz CT molecular complexity index is 655. The minimum atomic E-state index is -3.10. The first-order chi connectivity index (χ1) is 12.5. The van der Waals surface area contributed by atoms with Crippen LogP contribution in [0.15, 0.2) is 35.3 Å². The molecule has 0 spiro atoms. The van der Waals surface area contributed by atoms with Crippen molar-refractivity contribution in [3.05, 3.63) is 35.9 Å². The maximum Gasteiger partial charge on any atom is 0.211 e. The number of aliphatic imine (C=N–C) groups is 1. The maximum atomic E-state index is 11.4.